The minimum absolute atomic E-state index is 0.177. The van der Waals surface area contributed by atoms with Gasteiger partial charge in [-0.25, -0.2) is 14.3 Å². The van der Waals surface area contributed by atoms with Gasteiger partial charge in [-0.05, 0) is 24.3 Å². The lowest BCUT2D eigenvalue weighted by molar-refractivity contribution is 0.0697. The molecule has 3 rings (SSSR count). The molecule has 0 radical (unpaired) electrons. The molecule has 0 aliphatic heterocycles. The summed E-state index contributed by atoms with van der Waals surface area (Å²) in [6, 6.07) is 6.41. The Hall–Kier alpha value is -2.63. The molecule has 6 heteroatoms. The van der Waals surface area contributed by atoms with Crippen LogP contribution in [0.2, 0.25) is 0 Å². The van der Waals surface area contributed by atoms with Crippen molar-refractivity contribution in [2.24, 2.45) is 0 Å². The third-order valence-corrected chi connectivity index (χ3v) is 2.33. The largest absolute Gasteiger partial charge is 0.478 e. The van der Waals surface area contributed by atoms with Gasteiger partial charge in [0.25, 0.3) is 0 Å². The second kappa shape index (κ2) is 3.44. The quantitative estimate of drug-likeness (QED) is 0.723. The number of hydrogen-bond donors (Lipinski definition) is 1. The van der Waals surface area contributed by atoms with Crippen LogP contribution in [0.4, 0.5) is 0 Å². The van der Waals surface area contributed by atoms with Crippen molar-refractivity contribution >= 4 is 11.6 Å². The van der Waals surface area contributed by atoms with Crippen molar-refractivity contribution in [2.45, 2.75) is 0 Å². The topological polar surface area (TPSA) is 80.6 Å². The summed E-state index contributed by atoms with van der Waals surface area (Å²) in [6.07, 6.45) is 3.09. The van der Waals surface area contributed by atoms with Crippen LogP contribution in [-0.2, 0) is 0 Å². The van der Waals surface area contributed by atoms with Crippen LogP contribution in [0.1, 0.15) is 10.4 Å². The lowest BCUT2D eigenvalue weighted by Crippen LogP contribution is -1.97. The number of pyridine rings is 1. The SMILES string of the molecule is O=C(O)c1ccn2nc(-c3ccco3)nc2c1. The average molecular weight is 229 g/mol. The molecule has 0 fully saturated rings. The summed E-state index contributed by atoms with van der Waals surface area (Å²) in [5.41, 5.74) is 0.646. The average Bonchev–Trinajstić information content (AvgIpc) is 2.96. The van der Waals surface area contributed by atoms with Gasteiger partial charge in [0.2, 0.25) is 5.82 Å². The van der Waals surface area contributed by atoms with Gasteiger partial charge in [-0.2, -0.15) is 0 Å². The van der Waals surface area contributed by atoms with E-state index in [1.807, 2.05) is 0 Å². The van der Waals surface area contributed by atoms with Gasteiger partial charge >= 0.3 is 5.97 Å². The molecule has 17 heavy (non-hydrogen) atoms. The highest BCUT2D eigenvalue weighted by Gasteiger charge is 2.10. The first-order chi connectivity index (χ1) is 8.24. The van der Waals surface area contributed by atoms with E-state index < -0.39 is 5.97 Å². The number of aromatic nitrogens is 3. The Labute approximate surface area is 95.1 Å². The molecular formula is C11H7N3O3. The molecule has 3 heterocycles. The molecule has 0 amide bonds. The van der Waals surface area contributed by atoms with Crippen LogP contribution in [0, 0.1) is 0 Å². The summed E-state index contributed by atoms with van der Waals surface area (Å²) in [4.78, 5) is 15.0. The number of carbonyl (C=O) groups is 1. The predicted octanol–water partition coefficient (Wildman–Crippen LogP) is 1.69. The maximum Gasteiger partial charge on any atom is 0.335 e. The number of rotatable bonds is 2. The van der Waals surface area contributed by atoms with Crippen LogP contribution in [-0.4, -0.2) is 25.7 Å². The Morgan fingerprint density at radius 1 is 1.41 bits per heavy atom. The first kappa shape index (κ1) is 9.59. The fourth-order valence-corrected chi connectivity index (χ4v) is 1.52. The number of furan rings is 1. The van der Waals surface area contributed by atoms with Crippen LogP contribution >= 0.6 is 0 Å². The summed E-state index contributed by atoms with van der Waals surface area (Å²) in [6.45, 7) is 0. The summed E-state index contributed by atoms with van der Waals surface area (Å²) in [5, 5.41) is 13.0. The Balaban J connectivity index is 2.16. The van der Waals surface area contributed by atoms with E-state index in [1.165, 1.54) is 22.9 Å². The van der Waals surface area contributed by atoms with Crippen molar-refractivity contribution in [3.05, 3.63) is 42.3 Å². The Bertz CT molecular complexity index is 685. The highest BCUT2D eigenvalue weighted by molar-refractivity contribution is 5.88. The van der Waals surface area contributed by atoms with Crippen LogP contribution in [0.25, 0.3) is 17.2 Å². The molecule has 0 aromatic carbocycles. The van der Waals surface area contributed by atoms with Crippen molar-refractivity contribution in [3.63, 3.8) is 0 Å². The van der Waals surface area contributed by atoms with Crippen LogP contribution < -0.4 is 0 Å². The number of carboxylic acid groups (broad SMARTS) is 1. The molecule has 0 atom stereocenters. The zero-order chi connectivity index (χ0) is 11.8. The first-order valence-electron chi connectivity index (χ1n) is 4.87. The van der Waals surface area contributed by atoms with Gasteiger partial charge in [0.05, 0.1) is 11.8 Å². The fourth-order valence-electron chi connectivity index (χ4n) is 1.52. The van der Waals surface area contributed by atoms with E-state index in [0.717, 1.165) is 0 Å². The van der Waals surface area contributed by atoms with Crippen molar-refractivity contribution in [3.8, 4) is 11.6 Å². The zero-order valence-corrected chi connectivity index (χ0v) is 8.57. The third-order valence-electron chi connectivity index (χ3n) is 2.33. The number of fused-ring (bicyclic) bond motifs is 1. The lowest BCUT2D eigenvalue weighted by atomic mass is 10.3. The molecule has 84 valence electrons. The fraction of sp³-hybridized carbons (Fsp3) is 0. The minimum atomic E-state index is -0.991. The molecule has 3 aromatic rings. The Morgan fingerprint density at radius 3 is 3.00 bits per heavy atom. The number of aromatic carboxylic acids is 1. The summed E-state index contributed by atoms with van der Waals surface area (Å²) < 4.78 is 6.68. The first-order valence-corrected chi connectivity index (χ1v) is 4.87. The molecule has 0 aliphatic rings. The lowest BCUT2D eigenvalue weighted by Gasteiger charge is -1.93. The number of nitrogens with zero attached hydrogens (tertiary/aromatic N) is 3. The van der Waals surface area contributed by atoms with Crippen molar-refractivity contribution in [1.29, 1.82) is 0 Å². The molecular weight excluding hydrogens is 222 g/mol. The third kappa shape index (κ3) is 1.55. The van der Waals surface area contributed by atoms with Gasteiger partial charge in [0.1, 0.15) is 0 Å². The van der Waals surface area contributed by atoms with E-state index in [4.69, 9.17) is 9.52 Å². The van der Waals surface area contributed by atoms with Crippen LogP contribution in [0.5, 0.6) is 0 Å². The smallest absolute Gasteiger partial charge is 0.335 e. The highest BCUT2D eigenvalue weighted by atomic mass is 16.4. The predicted molar refractivity (Wildman–Crippen MR) is 57.6 cm³/mol. The molecule has 0 saturated heterocycles. The molecule has 0 saturated carbocycles. The van der Waals surface area contributed by atoms with E-state index in [1.54, 1.807) is 18.3 Å². The molecule has 0 bridgehead atoms. The van der Waals surface area contributed by atoms with Gasteiger partial charge in [0, 0.05) is 6.20 Å². The Kier molecular flexibility index (Phi) is 1.94. The van der Waals surface area contributed by atoms with Crippen molar-refractivity contribution in [1.82, 2.24) is 14.6 Å². The maximum absolute atomic E-state index is 10.8. The molecule has 6 nitrogen and oxygen atoms in total. The highest BCUT2D eigenvalue weighted by Crippen LogP contribution is 2.16. The standard InChI is InChI=1S/C11H7N3O3/c15-11(16)7-3-4-14-9(6-7)12-10(13-14)8-2-1-5-17-8/h1-6H,(H,15,16). The summed E-state index contributed by atoms with van der Waals surface area (Å²) in [7, 11) is 0. The Morgan fingerprint density at radius 2 is 2.29 bits per heavy atom. The van der Waals surface area contributed by atoms with Crippen LogP contribution in [0.3, 0.4) is 0 Å². The maximum atomic E-state index is 10.8. The second-order valence-corrected chi connectivity index (χ2v) is 3.44. The molecule has 0 unspecified atom stereocenters. The van der Waals surface area contributed by atoms with E-state index in [2.05, 4.69) is 10.1 Å². The molecule has 0 spiro atoms. The number of carboxylic acids is 1. The molecule has 0 aliphatic carbocycles. The van der Waals surface area contributed by atoms with E-state index in [9.17, 15) is 4.79 Å². The van der Waals surface area contributed by atoms with E-state index in [-0.39, 0.29) is 5.56 Å². The zero-order valence-electron chi connectivity index (χ0n) is 8.57. The van der Waals surface area contributed by atoms with Crippen molar-refractivity contribution in [2.75, 3.05) is 0 Å². The molecule has 3 aromatic heterocycles. The minimum Gasteiger partial charge on any atom is -0.478 e. The van der Waals surface area contributed by atoms with Gasteiger partial charge in [-0.1, -0.05) is 0 Å². The number of hydrogen-bond acceptors (Lipinski definition) is 4. The normalized spacial score (nSPS) is 10.8. The van der Waals surface area contributed by atoms with E-state index in [0.29, 0.717) is 17.2 Å². The van der Waals surface area contributed by atoms with Gasteiger partial charge in [0.15, 0.2) is 11.4 Å². The van der Waals surface area contributed by atoms with Gasteiger partial charge in [-0.15, -0.1) is 5.10 Å². The van der Waals surface area contributed by atoms with E-state index >= 15 is 0 Å². The molecule has 1 N–H and O–H groups in total. The monoisotopic (exact) mass is 229 g/mol. The van der Waals surface area contributed by atoms with Crippen molar-refractivity contribution < 1.29 is 14.3 Å². The van der Waals surface area contributed by atoms with Crippen LogP contribution in [0.15, 0.2) is 41.1 Å². The summed E-state index contributed by atoms with van der Waals surface area (Å²) >= 11 is 0. The summed E-state index contributed by atoms with van der Waals surface area (Å²) in [5.74, 6) is -0.0156. The van der Waals surface area contributed by atoms with Gasteiger partial charge < -0.3 is 9.52 Å². The second-order valence-electron chi connectivity index (χ2n) is 3.44. The van der Waals surface area contributed by atoms with Gasteiger partial charge in [-0.3, -0.25) is 0 Å².